The number of rotatable bonds is 8. The highest BCUT2D eigenvalue weighted by Crippen LogP contribution is 2.08. The van der Waals surface area contributed by atoms with Crippen LogP contribution in [-0.4, -0.2) is 24.5 Å². The number of thiophene rings is 1. The van der Waals surface area contributed by atoms with E-state index in [0.29, 0.717) is 18.6 Å². The molecule has 1 aromatic rings. The van der Waals surface area contributed by atoms with Crippen LogP contribution in [0.25, 0.3) is 0 Å². The van der Waals surface area contributed by atoms with Gasteiger partial charge in [0.1, 0.15) is 0 Å². The fraction of sp³-hybridized carbons (Fsp3) is 0.643. The predicted octanol–water partition coefficient (Wildman–Crippen LogP) is 2.57. The smallest absolute Gasteiger partial charge is 0.234 e. The van der Waals surface area contributed by atoms with Gasteiger partial charge in [-0.05, 0) is 48.6 Å². The van der Waals surface area contributed by atoms with Crippen molar-refractivity contribution in [1.82, 2.24) is 10.6 Å². The van der Waals surface area contributed by atoms with Gasteiger partial charge in [0.25, 0.3) is 0 Å². The van der Waals surface area contributed by atoms with E-state index in [1.165, 1.54) is 5.56 Å². The highest BCUT2D eigenvalue weighted by Gasteiger charge is 2.10. The lowest BCUT2D eigenvalue weighted by molar-refractivity contribution is -0.121. The lowest BCUT2D eigenvalue weighted by Crippen LogP contribution is -2.42. The van der Waals surface area contributed by atoms with Crippen molar-refractivity contribution in [2.75, 3.05) is 6.54 Å². The fourth-order valence-corrected chi connectivity index (χ4v) is 2.55. The maximum absolute atomic E-state index is 11.7. The van der Waals surface area contributed by atoms with E-state index in [4.69, 9.17) is 0 Å². The molecule has 18 heavy (non-hydrogen) atoms. The molecule has 102 valence electrons. The number of carbonyl (C=O) groups excluding carboxylic acids is 1. The van der Waals surface area contributed by atoms with Crippen LogP contribution in [-0.2, 0) is 11.2 Å². The van der Waals surface area contributed by atoms with Crippen LogP contribution in [0.1, 0.15) is 39.2 Å². The molecule has 4 heteroatoms. The Bertz CT molecular complexity index is 334. The third-order valence-electron chi connectivity index (χ3n) is 3.08. The zero-order valence-corrected chi connectivity index (χ0v) is 12.3. The number of carbonyl (C=O) groups is 1. The minimum Gasteiger partial charge on any atom is -0.352 e. The molecular formula is C14H24N2OS. The number of hydrogen-bond donors (Lipinski definition) is 2. The van der Waals surface area contributed by atoms with Gasteiger partial charge in [-0.1, -0.05) is 13.8 Å². The molecule has 0 fully saturated rings. The summed E-state index contributed by atoms with van der Waals surface area (Å²) < 4.78 is 0. The monoisotopic (exact) mass is 268 g/mol. The van der Waals surface area contributed by atoms with Crippen LogP contribution in [0.15, 0.2) is 16.8 Å². The van der Waals surface area contributed by atoms with Gasteiger partial charge in [-0.2, -0.15) is 11.3 Å². The summed E-state index contributed by atoms with van der Waals surface area (Å²) >= 11 is 1.71. The predicted molar refractivity (Wildman–Crippen MR) is 78.0 cm³/mol. The molecule has 1 atom stereocenters. The molecule has 1 amide bonds. The molecule has 0 saturated carbocycles. The molecule has 1 heterocycles. The summed E-state index contributed by atoms with van der Waals surface area (Å²) in [5.74, 6) is 0.0980. The second-order valence-corrected chi connectivity index (χ2v) is 5.48. The second-order valence-electron chi connectivity index (χ2n) is 4.70. The van der Waals surface area contributed by atoms with E-state index in [1.807, 2.05) is 0 Å². The maximum Gasteiger partial charge on any atom is 0.234 e. The van der Waals surface area contributed by atoms with Crippen molar-refractivity contribution in [2.45, 2.75) is 52.1 Å². The molecule has 0 aliphatic carbocycles. The molecule has 0 bridgehead atoms. The SMILES string of the molecule is CCC(CC)NC(=O)CNC(C)Cc1ccsc1. The van der Waals surface area contributed by atoms with Crippen LogP contribution >= 0.6 is 11.3 Å². The van der Waals surface area contributed by atoms with E-state index in [0.717, 1.165) is 19.3 Å². The first kappa shape index (κ1) is 15.2. The Kier molecular flexibility index (Phi) is 6.98. The third-order valence-corrected chi connectivity index (χ3v) is 3.82. The van der Waals surface area contributed by atoms with Gasteiger partial charge < -0.3 is 10.6 Å². The average molecular weight is 268 g/mol. The summed E-state index contributed by atoms with van der Waals surface area (Å²) in [6.07, 6.45) is 2.96. The molecule has 0 aliphatic rings. The van der Waals surface area contributed by atoms with Gasteiger partial charge in [-0.25, -0.2) is 0 Å². The number of nitrogens with one attached hydrogen (secondary N) is 2. The topological polar surface area (TPSA) is 41.1 Å². The van der Waals surface area contributed by atoms with Crippen LogP contribution in [0.4, 0.5) is 0 Å². The Morgan fingerprint density at radius 2 is 2.11 bits per heavy atom. The van der Waals surface area contributed by atoms with E-state index in [9.17, 15) is 4.79 Å². The molecule has 3 nitrogen and oxygen atoms in total. The molecule has 0 aromatic carbocycles. The van der Waals surface area contributed by atoms with E-state index in [2.05, 4.69) is 48.2 Å². The Morgan fingerprint density at radius 3 is 2.67 bits per heavy atom. The molecule has 2 N–H and O–H groups in total. The Hall–Kier alpha value is -0.870. The van der Waals surface area contributed by atoms with Gasteiger partial charge in [0, 0.05) is 12.1 Å². The minimum absolute atomic E-state index is 0.0980. The minimum atomic E-state index is 0.0980. The van der Waals surface area contributed by atoms with E-state index in [1.54, 1.807) is 11.3 Å². The summed E-state index contributed by atoms with van der Waals surface area (Å²) in [5, 5.41) is 10.5. The summed E-state index contributed by atoms with van der Waals surface area (Å²) in [7, 11) is 0. The first-order valence-corrected chi connectivity index (χ1v) is 7.63. The first-order valence-electron chi connectivity index (χ1n) is 6.69. The summed E-state index contributed by atoms with van der Waals surface area (Å²) in [4.78, 5) is 11.7. The number of amides is 1. The molecule has 1 unspecified atom stereocenters. The Labute approximate surface area is 114 Å². The van der Waals surface area contributed by atoms with E-state index < -0.39 is 0 Å². The summed E-state index contributed by atoms with van der Waals surface area (Å²) in [6, 6.07) is 2.77. The first-order chi connectivity index (χ1) is 8.65. The average Bonchev–Trinajstić information content (AvgIpc) is 2.86. The lowest BCUT2D eigenvalue weighted by Gasteiger charge is -2.17. The Balaban J connectivity index is 2.21. The van der Waals surface area contributed by atoms with Gasteiger partial charge in [0.2, 0.25) is 5.91 Å². The highest BCUT2D eigenvalue weighted by atomic mass is 32.1. The van der Waals surface area contributed by atoms with Gasteiger partial charge >= 0.3 is 0 Å². The number of hydrogen-bond acceptors (Lipinski definition) is 3. The van der Waals surface area contributed by atoms with Crippen molar-refractivity contribution >= 4 is 17.2 Å². The maximum atomic E-state index is 11.7. The highest BCUT2D eigenvalue weighted by molar-refractivity contribution is 7.07. The van der Waals surface area contributed by atoms with Gasteiger partial charge in [-0.15, -0.1) is 0 Å². The zero-order valence-electron chi connectivity index (χ0n) is 11.5. The Morgan fingerprint density at radius 1 is 1.39 bits per heavy atom. The standard InChI is InChI=1S/C14H24N2OS/c1-4-13(5-2)16-14(17)9-15-11(3)8-12-6-7-18-10-12/h6-7,10-11,13,15H,4-5,8-9H2,1-3H3,(H,16,17). The third kappa shape index (κ3) is 5.65. The molecule has 0 spiro atoms. The van der Waals surface area contributed by atoms with Crippen LogP contribution < -0.4 is 10.6 Å². The molecule has 0 saturated heterocycles. The molecule has 1 aromatic heterocycles. The molecular weight excluding hydrogens is 244 g/mol. The van der Waals surface area contributed by atoms with Gasteiger partial charge in [0.15, 0.2) is 0 Å². The van der Waals surface area contributed by atoms with Crippen LogP contribution in [0, 0.1) is 0 Å². The van der Waals surface area contributed by atoms with Crippen LogP contribution in [0.5, 0.6) is 0 Å². The quantitative estimate of drug-likeness (QED) is 0.761. The largest absolute Gasteiger partial charge is 0.352 e. The normalized spacial score (nSPS) is 12.7. The zero-order chi connectivity index (χ0) is 13.4. The summed E-state index contributed by atoms with van der Waals surface area (Å²) in [6.45, 7) is 6.71. The summed E-state index contributed by atoms with van der Waals surface area (Å²) in [5.41, 5.74) is 1.33. The molecule has 0 aliphatic heterocycles. The van der Waals surface area contributed by atoms with Crippen molar-refractivity contribution in [2.24, 2.45) is 0 Å². The van der Waals surface area contributed by atoms with Crippen LogP contribution in [0.2, 0.25) is 0 Å². The van der Waals surface area contributed by atoms with E-state index in [-0.39, 0.29) is 5.91 Å². The van der Waals surface area contributed by atoms with Crippen molar-refractivity contribution in [3.63, 3.8) is 0 Å². The second kappa shape index (κ2) is 8.27. The van der Waals surface area contributed by atoms with Crippen molar-refractivity contribution in [1.29, 1.82) is 0 Å². The van der Waals surface area contributed by atoms with Gasteiger partial charge in [-0.3, -0.25) is 4.79 Å². The van der Waals surface area contributed by atoms with Crippen LogP contribution in [0.3, 0.4) is 0 Å². The van der Waals surface area contributed by atoms with Crippen molar-refractivity contribution in [3.05, 3.63) is 22.4 Å². The van der Waals surface area contributed by atoms with Gasteiger partial charge in [0.05, 0.1) is 6.54 Å². The van der Waals surface area contributed by atoms with Crippen molar-refractivity contribution in [3.8, 4) is 0 Å². The van der Waals surface area contributed by atoms with E-state index >= 15 is 0 Å². The lowest BCUT2D eigenvalue weighted by atomic mass is 10.1. The fourth-order valence-electron chi connectivity index (χ4n) is 1.87. The van der Waals surface area contributed by atoms with Crippen molar-refractivity contribution < 1.29 is 4.79 Å². The molecule has 0 radical (unpaired) electrons. The molecule has 1 rings (SSSR count).